The van der Waals surface area contributed by atoms with E-state index >= 15 is 0 Å². The molecule has 0 saturated heterocycles. The van der Waals surface area contributed by atoms with Gasteiger partial charge in [-0.15, -0.1) is 0 Å². The molecule has 0 heteroatoms. The topological polar surface area (TPSA) is 0 Å². The van der Waals surface area contributed by atoms with Gasteiger partial charge in [-0.3, -0.25) is 0 Å². The van der Waals surface area contributed by atoms with Gasteiger partial charge in [-0.2, -0.15) is 0 Å². The maximum absolute atomic E-state index is 2.00. The Balaban J connectivity index is -0.0000000986. The van der Waals surface area contributed by atoms with Crippen molar-refractivity contribution < 1.29 is 0 Å². The van der Waals surface area contributed by atoms with Gasteiger partial charge >= 0.3 is 0 Å². The minimum atomic E-state index is 1.50. The Hall–Kier alpha value is 0. The van der Waals surface area contributed by atoms with Gasteiger partial charge in [0.15, 0.2) is 0 Å². The van der Waals surface area contributed by atoms with E-state index in [1.807, 2.05) is 83.1 Å². The summed E-state index contributed by atoms with van der Waals surface area (Å²) in [6, 6.07) is 0. The maximum Gasteiger partial charge on any atom is -0.0533 e. The molecule has 7 rings (SSSR count). The number of rotatable bonds is 0. The fourth-order valence-corrected chi connectivity index (χ4v) is 3.27. The van der Waals surface area contributed by atoms with Crippen LogP contribution in [0.2, 0.25) is 0 Å². The van der Waals surface area contributed by atoms with Crippen LogP contribution in [0, 0.1) is 0 Å². The zero-order chi connectivity index (χ0) is 36.0. The van der Waals surface area contributed by atoms with Crippen LogP contribution < -0.4 is 0 Å². The second-order valence-corrected chi connectivity index (χ2v) is 12.0. The Morgan fingerprint density at radius 2 is 0.109 bits per heavy atom. The molecule has 7 fully saturated rings. The summed E-state index contributed by atoms with van der Waals surface area (Å²) in [7, 11) is 0. The van der Waals surface area contributed by atoms with Crippen molar-refractivity contribution in [1.29, 1.82) is 0 Å². The first-order chi connectivity index (χ1) is 23.0. The highest BCUT2D eigenvalue weighted by Crippen LogP contribution is 2.18. The van der Waals surface area contributed by atoms with Crippen LogP contribution in [0.4, 0.5) is 0 Å². The minimum absolute atomic E-state index is 1.50. The minimum Gasteiger partial charge on any atom is -0.0683 e. The van der Waals surface area contributed by atoms with Crippen molar-refractivity contribution in [1.82, 2.24) is 0 Å². The van der Waals surface area contributed by atoms with E-state index < -0.39 is 0 Å². The highest BCUT2D eigenvalue weighted by molar-refractivity contribution is 4.53. The molecule has 0 aromatic rings. The van der Waals surface area contributed by atoms with Crippen LogP contribution >= 0.6 is 0 Å². The van der Waals surface area contributed by atoms with E-state index in [0.29, 0.717) is 0 Å². The van der Waals surface area contributed by atoms with Crippen LogP contribution in [0.3, 0.4) is 0 Å². The second kappa shape index (κ2) is 75.4. The average molecular weight is 657 g/mol. The molecule has 0 aromatic heterocycles. The Morgan fingerprint density at radius 1 is 0.0870 bits per heavy atom. The molecule has 0 amide bonds. The van der Waals surface area contributed by atoms with Gasteiger partial charge in [0.05, 0.1) is 0 Å². The molecule has 0 aromatic carbocycles. The van der Waals surface area contributed by atoms with E-state index in [0.717, 1.165) is 0 Å². The van der Waals surface area contributed by atoms with E-state index in [9.17, 15) is 0 Å². The van der Waals surface area contributed by atoms with Crippen molar-refractivity contribution in [3.05, 3.63) is 0 Å². The van der Waals surface area contributed by atoms with Gasteiger partial charge in [-0.05, 0) is 0 Å². The summed E-state index contributed by atoms with van der Waals surface area (Å²) >= 11 is 0. The largest absolute Gasteiger partial charge is 0.0683 e. The lowest BCUT2D eigenvalue weighted by atomic mass is 10.0. The molecule has 0 N–H and O–H groups in total. The molecular weight excluding hydrogens is 553 g/mol. The van der Waals surface area contributed by atoms with E-state index in [1.165, 1.54) is 218 Å². The van der Waals surface area contributed by atoms with Crippen LogP contribution in [0.25, 0.3) is 0 Å². The van der Waals surface area contributed by atoms with Crippen molar-refractivity contribution in [3.8, 4) is 0 Å². The van der Waals surface area contributed by atoms with Crippen molar-refractivity contribution >= 4 is 0 Å². The summed E-state index contributed by atoms with van der Waals surface area (Å²) in [5, 5.41) is 0. The molecule has 0 heterocycles. The SMILES string of the molecule is C1CCC1.C1CCC1.C1CCC1.C1CCC1.C1CCC1.C1CCC1.C1CCCCCCCCC1.CC.CC.CC.CC.CC.CC. The molecule has 7 aliphatic rings. The molecule has 0 aliphatic heterocycles. The fraction of sp³-hybridized carbons (Fsp3) is 1.00. The standard InChI is InChI=1S/C10H20.6C4H8.6C2H6/c1-2-4-6-8-10-9-7-5-3-1;6*1-2-4-3-1;6*1-2/h1-10H2;6*1-4H2;6*1-2H3. The molecule has 0 bridgehead atoms. The van der Waals surface area contributed by atoms with E-state index in [-0.39, 0.29) is 0 Å². The van der Waals surface area contributed by atoms with Gasteiger partial charge < -0.3 is 0 Å². The molecule has 0 nitrogen and oxygen atoms in total. The van der Waals surface area contributed by atoms with Crippen LogP contribution in [0.15, 0.2) is 0 Å². The Kier molecular flexibility index (Phi) is 95.4. The quantitative estimate of drug-likeness (QED) is 0.243. The highest BCUT2D eigenvalue weighted by atomic mass is 14.0. The Morgan fingerprint density at radius 3 is 0.130 bits per heavy atom. The number of hydrogen-bond donors (Lipinski definition) is 0. The summed E-state index contributed by atoms with van der Waals surface area (Å²) in [4.78, 5) is 0. The summed E-state index contributed by atoms with van der Waals surface area (Å²) in [5.41, 5.74) is 0. The first kappa shape index (κ1) is 58.2. The van der Waals surface area contributed by atoms with Gasteiger partial charge in [-0.25, -0.2) is 0 Å². The molecule has 0 unspecified atom stereocenters. The molecular formula is C46H104. The van der Waals surface area contributed by atoms with Crippen LogP contribution in [0.5, 0.6) is 0 Å². The van der Waals surface area contributed by atoms with Gasteiger partial charge in [-0.1, -0.05) is 301 Å². The summed E-state index contributed by atoms with van der Waals surface area (Å²) in [6.07, 6.45) is 51.0. The molecule has 288 valence electrons. The lowest BCUT2D eigenvalue weighted by Gasteiger charge is -2.05. The summed E-state index contributed by atoms with van der Waals surface area (Å²) in [5.74, 6) is 0. The normalized spacial score (nSPS) is 18.5. The summed E-state index contributed by atoms with van der Waals surface area (Å²) < 4.78 is 0. The van der Waals surface area contributed by atoms with Crippen LogP contribution in [0.1, 0.15) is 301 Å². The third-order valence-electron chi connectivity index (χ3n) is 8.50. The van der Waals surface area contributed by atoms with Crippen molar-refractivity contribution in [2.45, 2.75) is 301 Å². The summed E-state index contributed by atoms with van der Waals surface area (Å²) in [6.45, 7) is 24.0. The van der Waals surface area contributed by atoms with E-state index in [4.69, 9.17) is 0 Å². The lowest BCUT2D eigenvalue weighted by Crippen LogP contribution is -1.85. The zero-order valence-corrected chi connectivity index (χ0v) is 36.0. The second-order valence-electron chi connectivity index (χ2n) is 12.0. The van der Waals surface area contributed by atoms with Gasteiger partial charge in [0.2, 0.25) is 0 Å². The van der Waals surface area contributed by atoms with E-state index in [2.05, 4.69) is 0 Å². The van der Waals surface area contributed by atoms with Crippen molar-refractivity contribution in [3.63, 3.8) is 0 Å². The highest BCUT2D eigenvalue weighted by Gasteiger charge is 1.98. The fourth-order valence-electron chi connectivity index (χ4n) is 3.27. The molecule has 0 atom stereocenters. The first-order valence-electron chi connectivity index (χ1n) is 23.0. The molecule has 7 aliphatic carbocycles. The van der Waals surface area contributed by atoms with Gasteiger partial charge in [0, 0.05) is 0 Å². The first-order valence-corrected chi connectivity index (χ1v) is 23.0. The zero-order valence-electron chi connectivity index (χ0n) is 36.0. The average Bonchev–Trinajstić information content (AvgIpc) is 2.93. The monoisotopic (exact) mass is 657 g/mol. The molecule has 7 saturated carbocycles. The molecule has 0 radical (unpaired) electrons. The third kappa shape index (κ3) is 70.4. The van der Waals surface area contributed by atoms with Gasteiger partial charge in [0.1, 0.15) is 0 Å². The van der Waals surface area contributed by atoms with E-state index in [1.54, 1.807) is 0 Å². The predicted molar refractivity (Wildman–Crippen MR) is 225 cm³/mol. The van der Waals surface area contributed by atoms with Crippen molar-refractivity contribution in [2.24, 2.45) is 0 Å². The Labute approximate surface area is 300 Å². The predicted octanol–water partition coefficient (Wildman–Crippen LogP) is 19.4. The maximum atomic E-state index is 2.00. The molecule has 46 heavy (non-hydrogen) atoms. The Bertz CT molecular complexity index is 203. The van der Waals surface area contributed by atoms with Crippen LogP contribution in [-0.2, 0) is 0 Å². The van der Waals surface area contributed by atoms with Gasteiger partial charge in [0.25, 0.3) is 0 Å². The molecule has 0 spiro atoms. The van der Waals surface area contributed by atoms with Crippen LogP contribution in [-0.4, -0.2) is 0 Å². The smallest absolute Gasteiger partial charge is 0.0533 e. The van der Waals surface area contributed by atoms with Crippen molar-refractivity contribution in [2.75, 3.05) is 0 Å². The third-order valence-corrected chi connectivity index (χ3v) is 8.50. The number of hydrogen-bond acceptors (Lipinski definition) is 0. The lowest BCUT2D eigenvalue weighted by molar-refractivity contribution is 0.504.